The number of hydrogen-bond acceptors (Lipinski definition) is 6. The molecule has 2 aliphatic rings. The molecule has 1 amide bonds. The molecule has 0 radical (unpaired) electrons. The third-order valence-electron chi connectivity index (χ3n) is 6.57. The number of nitrogens with one attached hydrogen (secondary N) is 1. The lowest BCUT2D eigenvalue weighted by molar-refractivity contribution is -0.120. The summed E-state index contributed by atoms with van der Waals surface area (Å²) in [7, 11) is 0. The molecule has 34 heavy (non-hydrogen) atoms. The fraction of sp³-hybridized carbons (Fsp3) is 0.556. The van der Waals surface area contributed by atoms with Crippen LogP contribution < -0.4 is 14.8 Å². The number of carbonyl (C=O) groups is 1. The number of aromatic nitrogens is 1. The van der Waals surface area contributed by atoms with Gasteiger partial charge < -0.3 is 19.5 Å². The van der Waals surface area contributed by atoms with E-state index in [1.165, 1.54) is 25.7 Å². The van der Waals surface area contributed by atoms with Crippen LogP contribution in [0, 0.1) is 5.92 Å². The van der Waals surface area contributed by atoms with Crippen LogP contribution in [0.5, 0.6) is 11.6 Å². The number of morpholine rings is 1. The lowest BCUT2D eigenvalue weighted by Gasteiger charge is -2.26. The summed E-state index contributed by atoms with van der Waals surface area (Å²) in [6.07, 6.45) is 6.58. The summed E-state index contributed by atoms with van der Waals surface area (Å²) in [4.78, 5) is 19.5. The van der Waals surface area contributed by atoms with Crippen molar-refractivity contribution >= 4 is 5.91 Å². The van der Waals surface area contributed by atoms with Gasteiger partial charge in [-0.05, 0) is 49.1 Å². The molecule has 0 bridgehead atoms. The molecule has 0 spiro atoms. The topological polar surface area (TPSA) is 72.9 Å². The lowest BCUT2D eigenvalue weighted by atomic mass is 10.0. The zero-order chi connectivity index (χ0) is 23.6. The Morgan fingerprint density at radius 2 is 1.85 bits per heavy atom. The third-order valence-corrected chi connectivity index (χ3v) is 6.57. The van der Waals surface area contributed by atoms with Gasteiger partial charge in [0.1, 0.15) is 12.5 Å². The number of rotatable bonds is 11. The fourth-order valence-electron chi connectivity index (χ4n) is 4.63. The predicted octanol–water partition coefficient (Wildman–Crippen LogP) is 4.05. The van der Waals surface area contributed by atoms with Crippen LogP contribution in [0.1, 0.15) is 44.7 Å². The van der Waals surface area contributed by atoms with Crippen LogP contribution in [0.25, 0.3) is 11.1 Å². The van der Waals surface area contributed by atoms with E-state index in [2.05, 4.69) is 10.2 Å². The first kappa shape index (κ1) is 24.5. The summed E-state index contributed by atoms with van der Waals surface area (Å²) in [5, 5.41) is 3.07. The van der Waals surface area contributed by atoms with Crippen molar-refractivity contribution in [3.63, 3.8) is 0 Å². The van der Waals surface area contributed by atoms with Gasteiger partial charge in [-0.2, -0.15) is 0 Å². The molecule has 1 aliphatic carbocycles. The maximum absolute atomic E-state index is 12.5. The molecule has 2 fully saturated rings. The van der Waals surface area contributed by atoms with Crippen molar-refractivity contribution in [2.45, 2.75) is 45.4 Å². The van der Waals surface area contributed by atoms with E-state index in [4.69, 9.17) is 19.2 Å². The molecule has 2 heterocycles. The van der Waals surface area contributed by atoms with E-state index in [1.54, 1.807) is 0 Å². The fourth-order valence-corrected chi connectivity index (χ4v) is 4.63. The molecule has 1 N–H and O–H groups in total. The number of benzene rings is 1. The third kappa shape index (κ3) is 7.18. The Kier molecular flexibility index (Phi) is 9.16. The van der Waals surface area contributed by atoms with Crippen LogP contribution in [-0.2, 0) is 16.0 Å². The van der Waals surface area contributed by atoms with Crippen molar-refractivity contribution in [1.82, 2.24) is 15.2 Å². The maximum Gasteiger partial charge on any atom is 0.226 e. The Labute approximate surface area is 202 Å². The van der Waals surface area contributed by atoms with Gasteiger partial charge in [0.25, 0.3) is 0 Å². The van der Waals surface area contributed by atoms with Crippen LogP contribution in [0.2, 0.25) is 0 Å². The highest BCUT2D eigenvalue weighted by molar-refractivity contribution is 5.78. The molecule has 7 nitrogen and oxygen atoms in total. The Morgan fingerprint density at radius 3 is 2.59 bits per heavy atom. The van der Waals surface area contributed by atoms with Crippen LogP contribution in [0.3, 0.4) is 0 Å². The minimum Gasteiger partial charge on any atom is -0.494 e. The van der Waals surface area contributed by atoms with E-state index in [9.17, 15) is 4.79 Å². The standard InChI is InChI=1S/C27H37N3O4/c1-2-33-24-10-7-22(8-11-24)25-12-9-23(19-26(31)28-14-13-21-5-3-4-6-21)29-27(25)34-20-30-15-17-32-18-16-30/h7-12,21H,2-6,13-20H2,1H3,(H,28,31). The molecular formula is C27H37N3O4. The Hall–Kier alpha value is -2.64. The first-order valence-electron chi connectivity index (χ1n) is 12.6. The van der Waals surface area contributed by atoms with Gasteiger partial charge in [0.05, 0.1) is 31.9 Å². The quantitative estimate of drug-likeness (QED) is 0.537. The van der Waals surface area contributed by atoms with Crippen molar-refractivity contribution in [2.75, 3.05) is 46.2 Å². The average Bonchev–Trinajstić information content (AvgIpc) is 3.38. The first-order chi connectivity index (χ1) is 16.7. The van der Waals surface area contributed by atoms with E-state index in [0.29, 0.717) is 38.1 Å². The van der Waals surface area contributed by atoms with Crippen LogP contribution in [0.4, 0.5) is 0 Å². The van der Waals surface area contributed by atoms with Crippen LogP contribution in [0.15, 0.2) is 36.4 Å². The van der Waals surface area contributed by atoms with Gasteiger partial charge in [0, 0.05) is 25.2 Å². The van der Waals surface area contributed by atoms with Crippen molar-refractivity contribution in [3.8, 4) is 22.8 Å². The highest BCUT2D eigenvalue weighted by Crippen LogP contribution is 2.30. The first-order valence-corrected chi connectivity index (χ1v) is 12.6. The molecular weight excluding hydrogens is 430 g/mol. The van der Waals surface area contributed by atoms with Gasteiger partial charge in [-0.1, -0.05) is 37.8 Å². The molecule has 0 unspecified atom stereocenters. The Balaban J connectivity index is 1.42. The molecule has 1 saturated heterocycles. The molecule has 4 rings (SSSR count). The molecule has 1 aliphatic heterocycles. The van der Waals surface area contributed by atoms with Crippen LogP contribution in [-0.4, -0.2) is 62.0 Å². The smallest absolute Gasteiger partial charge is 0.226 e. The second kappa shape index (κ2) is 12.7. The largest absolute Gasteiger partial charge is 0.494 e. The molecule has 1 aromatic heterocycles. The van der Waals surface area contributed by atoms with Crippen molar-refractivity contribution in [1.29, 1.82) is 0 Å². The summed E-state index contributed by atoms with van der Waals surface area (Å²) in [6.45, 7) is 6.88. The summed E-state index contributed by atoms with van der Waals surface area (Å²) >= 11 is 0. The second-order valence-corrected chi connectivity index (χ2v) is 9.08. The number of pyridine rings is 1. The van der Waals surface area contributed by atoms with Crippen LogP contribution >= 0.6 is 0 Å². The second-order valence-electron chi connectivity index (χ2n) is 9.08. The molecule has 184 valence electrons. The van der Waals surface area contributed by atoms with Crippen molar-refractivity contribution < 1.29 is 19.0 Å². The predicted molar refractivity (Wildman–Crippen MR) is 132 cm³/mol. The highest BCUT2D eigenvalue weighted by atomic mass is 16.5. The van der Waals surface area contributed by atoms with Gasteiger partial charge in [0.15, 0.2) is 0 Å². The monoisotopic (exact) mass is 467 g/mol. The van der Waals surface area contributed by atoms with E-state index in [0.717, 1.165) is 48.8 Å². The minimum absolute atomic E-state index is 0.0124. The average molecular weight is 468 g/mol. The van der Waals surface area contributed by atoms with E-state index < -0.39 is 0 Å². The summed E-state index contributed by atoms with van der Waals surface area (Å²) in [5.41, 5.74) is 2.62. The number of hydrogen-bond donors (Lipinski definition) is 1. The van der Waals surface area contributed by atoms with Gasteiger partial charge in [-0.25, -0.2) is 4.98 Å². The van der Waals surface area contributed by atoms with E-state index in [-0.39, 0.29) is 12.3 Å². The van der Waals surface area contributed by atoms with Crippen molar-refractivity contribution in [2.24, 2.45) is 5.92 Å². The normalized spacial score (nSPS) is 17.0. The number of nitrogens with zero attached hydrogens (tertiary/aromatic N) is 2. The van der Waals surface area contributed by atoms with Gasteiger partial charge >= 0.3 is 0 Å². The van der Waals surface area contributed by atoms with E-state index >= 15 is 0 Å². The van der Waals surface area contributed by atoms with E-state index in [1.807, 2.05) is 43.3 Å². The molecule has 1 saturated carbocycles. The lowest BCUT2D eigenvalue weighted by Crippen LogP contribution is -2.38. The highest BCUT2D eigenvalue weighted by Gasteiger charge is 2.17. The Morgan fingerprint density at radius 1 is 1.09 bits per heavy atom. The van der Waals surface area contributed by atoms with Gasteiger partial charge in [0.2, 0.25) is 11.8 Å². The minimum atomic E-state index is 0.0124. The van der Waals surface area contributed by atoms with Gasteiger partial charge in [-0.3, -0.25) is 9.69 Å². The molecule has 7 heteroatoms. The Bertz CT molecular complexity index is 907. The zero-order valence-electron chi connectivity index (χ0n) is 20.3. The number of ether oxygens (including phenoxy) is 3. The zero-order valence-corrected chi connectivity index (χ0v) is 20.3. The van der Waals surface area contributed by atoms with Gasteiger partial charge in [-0.15, -0.1) is 0 Å². The summed E-state index contributed by atoms with van der Waals surface area (Å²) in [6, 6.07) is 11.9. The number of carbonyl (C=O) groups excluding carboxylic acids is 1. The molecule has 2 aromatic rings. The molecule has 0 atom stereocenters. The molecule has 1 aromatic carbocycles. The summed E-state index contributed by atoms with van der Waals surface area (Å²) in [5.74, 6) is 2.17. The maximum atomic E-state index is 12.5. The number of amides is 1. The summed E-state index contributed by atoms with van der Waals surface area (Å²) < 4.78 is 17.2. The van der Waals surface area contributed by atoms with Crippen molar-refractivity contribution in [3.05, 3.63) is 42.1 Å². The SMILES string of the molecule is CCOc1ccc(-c2ccc(CC(=O)NCCC3CCCC3)nc2OCN2CCOCC2)cc1.